The minimum atomic E-state index is -1.34. The number of nitrogens with zero attached hydrogens (tertiary/aromatic N) is 1. The molecule has 0 bridgehead atoms. The third kappa shape index (κ3) is 4.27. The third-order valence-electron chi connectivity index (χ3n) is 4.24. The molecule has 0 radical (unpaired) electrons. The zero-order chi connectivity index (χ0) is 17.0. The topological polar surface area (TPSA) is 98.1 Å². The van der Waals surface area contributed by atoms with Crippen LogP contribution >= 0.6 is 0 Å². The molecular weight excluding hydrogens is 305 g/mol. The summed E-state index contributed by atoms with van der Waals surface area (Å²) in [6, 6.07) is 3.67. The summed E-state index contributed by atoms with van der Waals surface area (Å²) in [4.78, 5) is 24.6. The van der Waals surface area contributed by atoms with E-state index in [0.717, 1.165) is 12.1 Å². The van der Waals surface area contributed by atoms with E-state index < -0.39 is 23.5 Å². The molecule has 7 heteroatoms. The summed E-state index contributed by atoms with van der Waals surface area (Å²) < 4.78 is 13.6. The molecule has 2 rings (SSSR count). The number of amides is 1. The predicted molar refractivity (Wildman–Crippen MR) is 79.5 cm³/mol. The lowest BCUT2D eigenvalue weighted by Gasteiger charge is -2.33. The second-order valence-electron chi connectivity index (χ2n) is 5.76. The number of carboxylic acid groups (broad SMARTS) is 1. The molecule has 0 saturated carbocycles. The van der Waals surface area contributed by atoms with Gasteiger partial charge in [-0.25, -0.2) is 9.18 Å². The van der Waals surface area contributed by atoms with Crippen LogP contribution in [0.1, 0.15) is 28.8 Å². The van der Waals surface area contributed by atoms with E-state index in [0.29, 0.717) is 31.5 Å². The smallest absolute Gasteiger partial charge is 0.338 e. The predicted octanol–water partition coefficient (Wildman–Crippen LogP) is 0.658. The Kier molecular flexibility index (Phi) is 5.68. The number of likely N-dealkylation sites (tertiary alicyclic amines) is 1. The molecule has 1 aromatic rings. The number of hydrogen-bond donors (Lipinski definition) is 3. The van der Waals surface area contributed by atoms with Crippen molar-refractivity contribution in [3.05, 3.63) is 35.1 Å². The molecule has 0 aliphatic carbocycles. The maximum atomic E-state index is 13.6. The molecule has 0 spiro atoms. The van der Waals surface area contributed by atoms with Crippen molar-refractivity contribution in [3.63, 3.8) is 0 Å². The van der Waals surface area contributed by atoms with Crippen LogP contribution in [0.5, 0.6) is 0 Å². The van der Waals surface area contributed by atoms with E-state index >= 15 is 0 Å². The number of aliphatic hydroxyl groups excluding tert-OH is 2. The van der Waals surface area contributed by atoms with Crippen molar-refractivity contribution < 1.29 is 29.3 Å². The maximum absolute atomic E-state index is 13.6. The summed E-state index contributed by atoms with van der Waals surface area (Å²) in [6.45, 7) is 0.681. The molecule has 1 unspecified atom stereocenters. The van der Waals surface area contributed by atoms with E-state index in [1.807, 2.05) is 0 Å². The first-order chi connectivity index (χ1) is 10.9. The second kappa shape index (κ2) is 7.52. The van der Waals surface area contributed by atoms with Crippen LogP contribution in [0.15, 0.2) is 18.2 Å². The molecule has 1 aliphatic rings. The Morgan fingerprint density at radius 2 is 1.96 bits per heavy atom. The first-order valence-electron chi connectivity index (χ1n) is 7.50. The van der Waals surface area contributed by atoms with Crippen LogP contribution in [0.3, 0.4) is 0 Å². The number of carboxylic acids is 1. The standard InChI is InChI=1S/C16H20FNO5/c17-13-7-10(1-2-12(13)16(22)23)8-15(21)18-5-3-11(4-6-18)14(20)9-19/h1-2,7,11,14,19-20H,3-6,8-9H2,(H,22,23). The summed E-state index contributed by atoms with van der Waals surface area (Å²) in [6.07, 6.45) is 0.466. The zero-order valence-electron chi connectivity index (χ0n) is 12.6. The van der Waals surface area contributed by atoms with Crippen molar-refractivity contribution in [1.29, 1.82) is 0 Å². The highest BCUT2D eigenvalue weighted by atomic mass is 19.1. The molecule has 1 saturated heterocycles. The lowest BCUT2D eigenvalue weighted by atomic mass is 9.91. The van der Waals surface area contributed by atoms with Crippen LogP contribution in [0.4, 0.5) is 4.39 Å². The normalized spacial score (nSPS) is 17.1. The Bertz CT molecular complexity index is 584. The van der Waals surface area contributed by atoms with Gasteiger partial charge in [0.15, 0.2) is 0 Å². The highest BCUT2D eigenvalue weighted by molar-refractivity contribution is 5.88. The molecular formula is C16H20FNO5. The van der Waals surface area contributed by atoms with Gasteiger partial charge in [-0.15, -0.1) is 0 Å². The summed E-state index contributed by atoms with van der Waals surface area (Å²) in [5, 5.41) is 27.3. The van der Waals surface area contributed by atoms with Gasteiger partial charge in [0.25, 0.3) is 0 Å². The number of aliphatic hydroxyl groups is 2. The lowest BCUT2D eigenvalue weighted by Crippen LogP contribution is -2.42. The number of hydrogen-bond acceptors (Lipinski definition) is 4. The van der Waals surface area contributed by atoms with E-state index in [9.17, 15) is 19.1 Å². The molecule has 6 nitrogen and oxygen atoms in total. The van der Waals surface area contributed by atoms with Gasteiger partial charge in [-0.2, -0.15) is 0 Å². The van der Waals surface area contributed by atoms with Gasteiger partial charge in [0.1, 0.15) is 5.82 Å². The minimum absolute atomic E-state index is 0.00401. The Balaban J connectivity index is 1.93. The number of carbonyl (C=O) groups is 2. The molecule has 126 valence electrons. The fourth-order valence-corrected chi connectivity index (χ4v) is 2.81. The Morgan fingerprint density at radius 1 is 1.30 bits per heavy atom. The fraction of sp³-hybridized carbons (Fsp3) is 0.500. The molecule has 1 aliphatic heterocycles. The molecule has 1 aromatic carbocycles. The Morgan fingerprint density at radius 3 is 2.48 bits per heavy atom. The average Bonchev–Trinajstić information content (AvgIpc) is 2.54. The van der Waals surface area contributed by atoms with Crippen LogP contribution in [0, 0.1) is 11.7 Å². The molecule has 0 aromatic heterocycles. The quantitative estimate of drug-likeness (QED) is 0.739. The van der Waals surface area contributed by atoms with E-state index in [-0.39, 0.29) is 24.9 Å². The Labute approximate surface area is 133 Å². The van der Waals surface area contributed by atoms with Crippen molar-refractivity contribution in [3.8, 4) is 0 Å². The second-order valence-corrected chi connectivity index (χ2v) is 5.76. The minimum Gasteiger partial charge on any atom is -0.478 e. The van der Waals surface area contributed by atoms with Crippen LogP contribution in [0.25, 0.3) is 0 Å². The van der Waals surface area contributed by atoms with Crippen LogP contribution < -0.4 is 0 Å². The van der Waals surface area contributed by atoms with Gasteiger partial charge in [0.2, 0.25) is 5.91 Å². The van der Waals surface area contributed by atoms with Crippen molar-refractivity contribution in [2.75, 3.05) is 19.7 Å². The maximum Gasteiger partial charge on any atom is 0.338 e. The molecule has 1 amide bonds. The summed E-state index contributed by atoms with van der Waals surface area (Å²) in [7, 11) is 0. The van der Waals surface area contributed by atoms with Gasteiger partial charge in [-0.05, 0) is 36.5 Å². The summed E-state index contributed by atoms with van der Waals surface area (Å²) in [5.41, 5.74) is 0.00928. The molecule has 1 atom stereocenters. The van der Waals surface area contributed by atoms with Crippen molar-refractivity contribution in [2.24, 2.45) is 5.92 Å². The van der Waals surface area contributed by atoms with Gasteiger partial charge >= 0.3 is 5.97 Å². The van der Waals surface area contributed by atoms with Crippen molar-refractivity contribution in [1.82, 2.24) is 4.90 Å². The van der Waals surface area contributed by atoms with Gasteiger partial charge in [-0.3, -0.25) is 4.79 Å². The van der Waals surface area contributed by atoms with Gasteiger partial charge in [0.05, 0.1) is 24.7 Å². The fourth-order valence-electron chi connectivity index (χ4n) is 2.81. The van der Waals surface area contributed by atoms with Crippen molar-refractivity contribution >= 4 is 11.9 Å². The molecule has 1 heterocycles. The highest BCUT2D eigenvalue weighted by Crippen LogP contribution is 2.21. The molecule has 1 fully saturated rings. The van der Waals surface area contributed by atoms with E-state index in [1.165, 1.54) is 6.07 Å². The highest BCUT2D eigenvalue weighted by Gasteiger charge is 2.27. The van der Waals surface area contributed by atoms with E-state index in [1.54, 1.807) is 4.90 Å². The van der Waals surface area contributed by atoms with E-state index in [2.05, 4.69) is 0 Å². The monoisotopic (exact) mass is 325 g/mol. The third-order valence-corrected chi connectivity index (χ3v) is 4.24. The lowest BCUT2D eigenvalue weighted by molar-refractivity contribution is -0.132. The van der Waals surface area contributed by atoms with Crippen molar-refractivity contribution in [2.45, 2.75) is 25.4 Å². The number of carbonyl (C=O) groups excluding carboxylic acids is 1. The number of piperidine rings is 1. The summed E-state index contributed by atoms with van der Waals surface area (Å²) in [5.74, 6) is -2.38. The van der Waals surface area contributed by atoms with Gasteiger partial charge in [0, 0.05) is 13.1 Å². The van der Waals surface area contributed by atoms with Crippen LogP contribution in [-0.4, -0.2) is 57.9 Å². The van der Waals surface area contributed by atoms with Crippen LogP contribution in [0.2, 0.25) is 0 Å². The number of aromatic carboxylic acids is 1. The number of halogens is 1. The van der Waals surface area contributed by atoms with E-state index in [4.69, 9.17) is 10.2 Å². The number of rotatable bonds is 5. The largest absolute Gasteiger partial charge is 0.478 e. The number of benzene rings is 1. The molecule has 23 heavy (non-hydrogen) atoms. The van der Waals surface area contributed by atoms with Gasteiger partial charge < -0.3 is 20.2 Å². The summed E-state index contributed by atoms with van der Waals surface area (Å²) >= 11 is 0. The zero-order valence-corrected chi connectivity index (χ0v) is 12.6. The average molecular weight is 325 g/mol. The van der Waals surface area contributed by atoms with Crippen LogP contribution in [-0.2, 0) is 11.2 Å². The molecule has 3 N–H and O–H groups in total. The van der Waals surface area contributed by atoms with Gasteiger partial charge in [-0.1, -0.05) is 6.07 Å². The Hall–Kier alpha value is -1.99. The first-order valence-corrected chi connectivity index (χ1v) is 7.50. The SMILES string of the molecule is O=C(O)c1ccc(CC(=O)N2CCC(C(O)CO)CC2)cc1F. The first kappa shape index (κ1) is 17.4.